The molecule has 1 saturated carbocycles. The summed E-state index contributed by atoms with van der Waals surface area (Å²) in [5.41, 5.74) is 0. The minimum absolute atomic E-state index is 0.0405. The van der Waals surface area contributed by atoms with Gasteiger partial charge in [0.2, 0.25) is 5.91 Å². The number of likely N-dealkylation sites (N-methyl/N-ethyl adjacent to an activating group) is 1. The van der Waals surface area contributed by atoms with Crippen molar-refractivity contribution < 1.29 is 22.7 Å². The van der Waals surface area contributed by atoms with E-state index in [9.17, 15) is 18.0 Å². The summed E-state index contributed by atoms with van der Waals surface area (Å²) in [5.74, 6) is -1.02. The van der Waals surface area contributed by atoms with Crippen molar-refractivity contribution in [3.63, 3.8) is 0 Å². The van der Waals surface area contributed by atoms with Crippen LogP contribution in [-0.2, 0) is 9.53 Å². The Morgan fingerprint density at radius 1 is 1.24 bits per heavy atom. The van der Waals surface area contributed by atoms with Crippen molar-refractivity contribution in [2.24, 2.45) is 10.9 Å². The van der Waals surface area contributed by atoms with Gasteiger partial charge in [-0.25, -0.2) is 4.99 Å². The smallest absolute Gasteiger partial charge is 0.379 e. The van der Waals surface area contributed by atoms with Gasteiger partial charge in [0, 0.05) is 39.8 Å². The fourth-order valence-electron chi connectivity index (χ4n) is 3.59. The Bertz CT molecular complexity index is 536. The lowest BCUT2D eigenvalue weighted by atomic mass is 9.85. The first-order valence-electron chi connectivity index (χ1n) is 10.4. The summed E-state index contributed by atoms with van der Waals surface area (Å²) in [6.45, 7) is 4.83. The Morgan fingerprint density at radius 2 is 1.97 bits per heavy atom. The molecule has 0 spiro atoms. The Labute approximate surface area is 171 Å². The number of carbonyl (C=O) groups is 1. The largest absolute Gasteiger partial charge is 0.391 e. The zero-order valence-corrected chi connectivity index (χ0v) is 17.4. The first-order chi connectivity index (χ1) is 13.8. The number of rotatable bonds is 7. The Balaban J connectivity index is 1.86. The average Bonchev–Trinajstić information content (AvgIpc) is 2.69. The van der Waals surface area contributed by atoms with Gasteiger partial charge in [-0.1, -0.05) is 6.42 Å². The van der Waals surface area contributed by atoms with Gasteiger partial charge in [0.05, 0.1) is 19.1 Å². The maximum absolute atomic E-state index is 13.1. The van der Waals surface area contributed by atoms with Crippen LogP contribution in [0.2, 0.25) is 0 Å². The lowest BCUT2D eigenvalue weighted by Gasteiger charge is -2.32. The molecule has 2 atom stereocenters. The zero-order valence-electron chi connectivity index (χ0n) is 17.4. The normalized spacial score (nSPS) is 24.2. The van der Waals surface area contributed by atoms with Crippen LogP contribution in [0.1, 0.15) is 32.1 Å². The molecule has 0 bridgehead atoms. The van der Waals surface area contributed by atoms with E-state index in [1.807, 2.05) is 0 Å². The average molecular weight is 422 g/mol. The second kappa shape index (κ2) is 11.6. The number of hydrogen-bond acceptors (Lipinski definition) is 4. The molecule has 1 heterocycles. The number of nitrogens with zero attached hydrogens (tertiary/aromatic N) is 3. The molecule has 10 heteroatoms. The minimum Gasteiger partial charge on any atom is -0.379 e. The van der Waals surface area contributed by atoms with Crippen molar-refractivity contribution in [2.45, 2.75) is 44.3 Å². The second-order valence-corrected chi connectivity index (χ2v) is 7.93. The molecule has 2 rings (SSSR count). The van der Waals surface area contributed by atoms with Crippen molar-refractivity contribution in [2.75, 3.05) is 60.0 Å². The molecule has 1 aliphatic heterocycles. The number of morpholine rings is 1. The van der Waals surface area contributed by atoms with Crippen LogP contribution < -0.4 is 10.6 Å². The summed E-state index contributed by atoms with van der Waals surface area (Å²) < 4.78 is 44.6. The van der Waals surface area contributed by atoms with Gasteiger partial charge in [0.15, 0.2) is 5.96 Å². The lowest BCUT2D eigenvalue weighted by molar-refractivity contribution is -0.183. The third-order valence-corrected chi connectivity index (χ3v) is 5.40. The number of carbonyl (C=O) groups excluding carboxylic acids is 1. The van der Waals surface area contributed by atoms with Gasteiger partial charge >= 0.3 is 6.18 Å². The Hall–Kier alpha value is -1.55. The Morgan fingerprint density at radius 3 is 2.62 bits per heavy atom. The fourth-order valence-corrected chi connectivity index (χ4v) is 3.59. The van der Waals surface area contributed by atoms with Gasteiger partial charge in [-0.2, -0.15) is 13.2 Å². The van der Waals surface area contributed by atoms with E-state index in [0.717, 1.165) is 39.3 Å². The van der Waals surface area contributed by atoms with E-state index in [1.165, 1.54) is 4.90 Å². The van der Waals surface area contributed by atoms with Gasteiger partial charge in [0.25, 0.3) is 0 Å². The molecule has 29 heavy (non-hydrogen) atoms. The van der Waals surface area contributed by atoms with E-state index in [1.54, 1.807) is 14.1 Å². The molecular formula is C19H34F3N5O2. The maximum atomic E-state index is 13.1. The third kappa shape index (κ3) is 8.77. The quantitative estimate of drug-likeness (QED) is 0.370. The first kappa shape index (κ1) is 23.7. The molecule has 1 saturated heterocycles. The van der Waals surface area contributed by atoms with Crippen LogP contribution in [0.25, 0.3) is 0 Å². The number of guanidine groups is 1. The van der Waals surface area contributed by atoms with Crippen LogP contribution in [0, 0.1) is 5.92 Å². The summed E-state index contributed by atoms with van der Waals surface area (Å²) in [6, 6.07) is -0.296. The van der Waals surface area contributed by atoms with Crippen LogP contribution in [-0.4, -0.2) is 93.9 Å². The molecule has 2 N–H and O–H groups in total. The number of nitrogens with one attached hydrogen (secondary N) is 2. The van der Waals surface area contributed by atoms with Crippen LogP contribution in [0.3, 0.4) is 0 Å². The van der Waals surface area contributed by atoms with Crippen molar-refractivity contribution in [1.82, 2.24) is 20.4 Å². The predicted molar refractivity (Wildman–Crippen MR) is 106 cm³/mol. The fraction of sp³-hybridized carbons (Fsp3) is 0.895. The van der Waals surface area contributed by atoms with Gasteiger partial charge in [-0.15, -0.1) is 0 Å². The Kier molecular flexibility index (Phi) is 9.48. The number of ether oxygens (including phenoxy) is 1. The molecular weight excluding hydrogens is 387 g/mol. The highest BCUT2D eigenvalue weighted by molar-refractivity contribution is 5.84. The topological polar surface area (TPSA) is 69.2 Å². The van der Waals surface area contributed by atoms with Crippen LogP contribution in [0.15, 0.2) is 4.99 Å². The van der Waals surface area contributed by atoms with Gasteiger partial charge in [-0.3, -0.25) is 9.69 Å². The molecule has 0 aromatic carbocycles. The standard InChI is InChI=1S/C19H34F3N5O2/c1-26(2)17(28)14-24-18(23-7-4-8-27-9-11-29-12-10-27)25-16-6-3-5-15(13-16)19(20,21)22/h15-16H,3-14H2,1-2H3,(H2,23,24,25). The number of amides is 1. The predicted octanol–water partition coefficient (Wildman–Crippen LogP) is 1.45. The molecule has 0 radical (unpaired) electrons. The van der Waals surface area contributed by atoms with Crippen LogP contribution in [0.4, 0.5) is 13.2 Å². The van der Waals surface area contributed by atoms with E-state index < -0.39 is 12.1 Å². The van der Waals surface area contributed by atoms with Gasteiger partial charge in [0.1, 0.15) is 6.54 Å². The van der Waals surface area contributed by atoms with E-state index in [-0.39, 0.29) is 31.3 Å². The van der Waals surface area contributed by atoms with Crippen LogP contribution >= 0.6 is 0 Å². The first-order valence-corrected chi connectivity index (χ1v) is 10.4. The number of alkyl halides is 3. The maximum Gasteiger partial charge on any atom is 0.391 e. The summed E-state index contributed by atoms with van der Waals surface area (Å²) >= 11 is 0. The van der Waals surface area contributed by atoms with Gasteiger partial charge in [-0.05, 0) is 32.2 Å². The summed E-state index contributed by atoms with van der Waals surface area (Å²) in [5, 5.41) is 6.31. The van der Waals surface area contributed by atoms with Gasteiger partial charge < -0.3 is 20.3 Å². The summed E-state index contributed by atoms with van der Waals surface area (Å²) in [4.78, 5) is 19.9. The number of aliphatic imine (C=N–C) groups is 1. The van der Waals surface area contributed by atoms with E-state index in [2.05, 4.69) is 20.5 Å². The van der Waals surface area contributed by atoms with Crippen molar-refractivity contribution in [3.8, 4) is 0 Å². The highest BCUT2D eigenvalue weighted by Gasteiger charge is 2.42. The lowest BCUT2D eigenvalue weighted by Crippen LogP contribution is -2.47. The van der Waals surface area contributed by atoms with E-state index in [4.69, 9.17) is 4.74 Å². The van der Waals surface area contributed by atoms with Crippen LogP contribution in [0.5, 0.6) is 0 Å². The summed E-state index contributed by atoms with van der Waals surface area (Å²) in [6.07, 6.45) is -1.87. The number of hydrogen-bond donors (Lipinski definition) is 2. The number of halogens is 3. The van der Waals surface area contributed by atoms with Crippen molar-refractivity contribution in [3.05, 3.63) is 0 Å². The molecule has 2 unspecified atom stereocenters. The SMILES string of the molecule is CN(C)C(=O)CN=C(NCCCN1CCOCC1)NC1CCCC(C(F)(F)F)C1. The highest BCUT2D eigenvalue weighted by Crippen LogP contribution is 2.37. The van der Waals surface area contributed by atoms with E-state index >= 15 is 0 Å². The van der Waals surface area contributed by atoms with Crippen molar-refractivity contribution in [1.29, 1.82) is 0 Å². The van der Waals surface area contributed by atoms with Crippen molar-refractivity contribution >= 4 is 11.9 Å². The second-order valence-electron chi connectivity index (χ2n) is 7.93. The molecule has 0 aromatic heterocycles. The summed E-state index contributed by atoms with van der Waals surface area (Å²) in [7, 11) is 3.30. The molecule has 2 aliphatic rings. The van der Waals surface area contributed by atoms with E-state index in [0.29, 0.717) is 25.3 Å². The molecule has 0 aromatic rings. The minimum atomic E-state index is -4.16. The molecule has 1 aliphatic carbocycles. The molecule has 7 nitrogen and oxygen atoms in total. The highest BCUT2D eigenvalue weighted by atomic mass is 19.4. The zero-order chi connectivity index (χ0) is 21.3. The molecule has 168 valence electrons. The molecule has 1 amide bonds. The monoisotopic (exact) mass is 421 g/mol. The molecule has 2 fully saturated rings. The third-order valence-electron chi connectivity index (χ3n) is 5.40.